The lowest BCUT2D eigenvalue weighted by Gasteiger charge is -2.15. The number of rotatable bonds is 13. The van der Waals surface area contributed by atoms with Gasteiger partial charge in [0.05, 0.1) is 0 Å². The second-order valence-electron chi connectivity index (χ2n) is 9.15. The number of unbranched alkanes of at least 4 members (excludes halogenated alkanes) is 4. The third kappa shape index (κ3) is 7.84. The van der Waals surface area contributed by atoms with E-state index in [1.807, 2.05) is 6.07 Å². The van der Waals surface area contributed by atoms with Gasteiger partial charge in [0.1, 0.15) is 0 Å². The molecule has 3 aromatic rings. The van der Waals surface area contributed by atoms with Gasteiger partial charge >= 0.3 is 5.97 Å². The molecule has 5 heteroatoms. The van der Waals surface area contributed by atoms with Gasteiger partial charge < -0.3 is 15.2 Å². The summed E-state index contributed by atoms with van der Waals surface area (Å²) in [7, 11) is 0. The topological polar surface area (TPSA) is 58.6 Å². The van der Waals surface area contributed by atoms with Crippen LogP contribution in [0.5, 0.6) is 5.75 Å². The summed E-state index contributed by atoms with van der Waals surface area (Å²) in [4.78, 5) is 10.6. The van der Waals surface area contributed by atoms with E-state index in [1.165, 1.54) is 72.1 Å². The summed E-state index contributed by atoms with van der Waals surface area (Å²) in [5.41, 5.74) is 8.13. The molecule has 0 aliphatic heterocycles. The van der Waals surface area contributed by atoms with Crippen molar-refractivity contribution in [1.82, 2.24) is 0 Å². The van der Waals surface area contributed by atoms with Gasteiger partial charge in [-0.2, -0.15) is 0 Å². The lowest BCUT2D eigenvalue weighted by atomic mass is 9.91. The Balaban J connectivity index is 1.65. The van der Waals surface area contributed by atoms with E-state index in [-0.39, 0.29) is 5.75 Å². The van der Waals surface area contributed by atoms with Crippen molar-refractivity contribution in [2.24, 2.45) is 0 Å². The minimum Gasteiger partial charge on any atom is -0.479 e. The molecule has 0 heterocycles. The van der Waals surface area contributed by atoms with E-state index in [4.69, 9.17) is 9.84 Å². The van der Waals surface area contributed by atoms with Crippen molar-refractivity contribution in [2.75, 3.05) is 11.9 Å². The molecule has 0 radical (unpaired) electrons. The first-order valence-corrected chi connectivity index (χ1v) is 12.4. The second-order valence-corrected chi connectivity index (χ2v) is 9.15. The minimum atomic E-state index is -1.14. The van der Waals surface area contributed by atoms with Crippen LogP contribution in [0.4, 0.5) is 10.1 Å². The summed E-state index contributed by atoms with van der Waals surface area (Å²) in [6, 6.07) is 17.5. The highest BCUT2D eigenvalue weighted by Gasteiger charge is 2.10. The molecule has 35 heavy (non-hydrogen) atoms. The van der Waals surface area contributed by atoms with Crippen LogP contribution < -0.4 is 10.1 Å². The van der Waals surface area contributed by atoms with Gasteiger partial charge in [-0.25, -0.2) is 9.18 Å². The van der Waals surface area contributed by atoms with Gasteiger partial charge in [0.25, 0.3) is 0 Å². The van der Waals surface area contributed by atoms with Gasteiger partial charge in [-0.1, -0.05) is 62.9 Å². The molecule has 0 spiro atoms. The fourth-order valence-corrected chi connectivity index (χ4v) is 4.49. The maximum absolute atomic E-state index is 14.2. The number of nitrogens with one attached hydrogen (secondary N) is 1. The molecule has 0 atom stereocenters. The van der Waals surface area contributed by atoms with Crippen molar-refractivity contribution < 1.29 is 19.0 Å². The van der Waals surface area contributed by atoms with Crippen LogP contribution in [0.1, 0.15) is 61.3 Å². The second kappa shape index (κ2) is 12.9. The molecule has 0 bridgehead atoms. The van der Waals surface area contributed by atoms with Crippen LogP contribution in [-0.2, 0) is 17.8 Å². The number of hydrogen-bond donors (Lipinski definition) is 2. The monoisotopic (exact) mass is 477 g/mol. The zero-order valence-electron chi connectivity index (χ0n) is 21.0. The Kier molecular flexibility index (Phi) is 9.71. The molecule has 0 aliphatic carbocycles. The van der Waals surface area contributed by atoms with Gasteiger partial charge in [-0.15, -0.1) is 0 Å². The third-order valence-electron chi connectivity index (χ3n) is 6.16. The van der Waals surface area contributed by atoms with Gasteiger partial charge in [0.2, 0.25) is 0 Å². The maximum Gasteiger partial charge on any atom is 0.341 e. The molecule has 3 rings (SSSR count). The summed E-state index contributed by atoms with van der Waals surface area (Å²) in [5, 5.41) is 11.9. The van der Waals surface area contributed by atoms with Crippen molar-refractivity contribution in [3.8, 4) is 16.9 Å². The first-order chi connectivity index (χ1) is 16.9. The van der Waals surface area contributed by atoms with Gasteiger partial charge in [-0.3, -0.25) is 0 Å². The van der Waals surface area contributed by atoms with Crippen LogP contribution >= 0.6 is 0 Å². The van der Waals surface area contributed by atoms with E-state index in [1.54, 1.807) is 6.07 Å². The Morgan fingerprint density at radius 2 is 1.69 bits per heavy atom. The third-order valence-corrected chi connectivity index (χ3v) is 6.16. The molecule has 3 aromatic carbocycles. The Morgan fingerprint density at radius 1 is 0.943 bits per heavy atom. The number of anilines is 1. The highest BCUT2D eigenvalue weighted by molar-refractivity contribution is 5.72. The predicted molar refractivity (Wildman–Crippen MR) is 141 cm³/mol. The number of carbonyl (C=O) groups is 1. The Hall–Kier alpha value is -3.34. The van der Waals surface area contributed by atoms with Crippen molar-refractivity contribution in [3.63, 3.8) is 0 Å². The highest BCUT2D eigenvalue weighted by atomic mass is 19.1. The van der Waals surface area contributed by atoms with Crippen LogP contribution in [0.25, 0.3) is 11.1 Å². The van der Waals surface area contributed by atoms with Crippen molar-refractivity contribution in [2.45, 2.75) is 65.8 Å². The molecule has 186 valence electrons. The quantitative estimate of drug-likeness (QED) is 0.248. The first-order valence-electron chi connectivity index (χ1n) is 12.4. The highest BCUT2D eigenvalue weighted by Crippen LogP contribution is 2.30. The zero-order chi connectivity index (χ0) is 25.2. The number of benzene rings is 3. The Bertz CT molecular complexity index is 1120. The predicted octanol–water partition coefficient (Wildman–Crippen LogP) is 7.70. The van der Waals surface area contributed by atoms with Crippen LogP contribution in [0.3, 0.4) is 0 Å². The number of carboxylic acids is 1. The van der Waals surface area contributed by atoms with Crippen LogP contribution in [0, 0.1) is 19.7 Å². The molecule has 0 amide bonds. The number of ether oxygens (including phenoxy) is 1. The summed E-state index contributed by atoms with van der Waals surface area (Å²) in [5.74, 6) is -1.81. The summed E-state index contributed by atoms with van der Waals surface area (Å²) < 4.78 is 19.2. The summed E-state index contributed by atoms with van der Waals surface area (Å²) >= 11 is 0. The SMILES string of the molecule is CCCCCCCc1cc(C)c(-c2cccc(CNc3ccc(OCC(=O)O)c(F)c3)c2)c(C)c1. The van der Waals surface area contributed by atoms with E-state index in [0.29, 0.717) is 12.2 Å². The molecule has 0 saturated carbocycles. The number of aryl methyl sites for hydroxylation is 3. The fraction of sp³-hybridized carbons (Fsp3) is 0.367. The van der Waals surface area contributed by atoms with Crippen molar-refractivity contribution >= 4 is 11.7 Å². The van der Waals surface area contributed by atoms with E-state index in [0.717, 1.165) is 12.0 Å². The summed E-state index contributed by atoms with van der Waals surface area (Å²) in [6.07, 6.45) is 7.59. The number of aliphatic carboxylic acids is 1. The van der Waals surface area contributed by atoms with E-state index in [2.05, 4.69) is 56.4 Å². The van der Waals surface area contributed by atoms with Crippen molar-refractivity contribution in [3.05, 3.63) is 82.7 Å². The van der Waals surface area contributed by atoms with Gasteiger partial charge in [0, 0.05) is 18.3 Å². The lowest BCUT2D eigenvalue weighted by Crippen LogP contribution is -2.10. The number of carboxylic acid groups (broad SMARTS) is 1. The Labute approximate surface area is 208 Å². The maximum atomic E-state index is 14.2. The molecule has 0 aliphatic rings. The van der Waals surface area contributed by atoms with E-state index in [9.17, 15) is 9.18 Å². The number of hydrogen-bond acceptors (Lipinski definition) is 3. The van der Waals surface area contributed by atoms with Crippen LogP contribution in [0.15, 0.2) is 54.6 Å². The fourth-order valence-electron chi connectivity index (χ4n) is 4.49. The molecule has 4 nitrogen and oxygen atoms in total. The normalized spacial score (nSPS) is 10.9. The molecular formula is C30H36FNO3. The smallest absolute Gasteiger partial charge is 0.341 e. The molecule has 0 fully saturated rings. The van der Waals surface area contributed by atoms with Crippen molar-refractivity contribution in [1.29, 1.82) is 0 Å². The van der Waals surface area contributed by atoms with Gasteiger partial charge in [0.15, 0.2) is 18.2 Å². The Morgan fingerprint density at radius 3 is 2.37 bits per heavy atom. The molecule has 0 aromatic heterocycles. The number of halogens is 1. The average Bonchev–Trinajstić information content (AvgIpc) is 2.82. The van der Waals surface area contributed by atoms with Crippen LogP contribution in [-0.4, -0.2) is 17.7 Å². The van der Waals surface area contributed by atoms with Gasteiger partial charge in [-0.05, 0) is 78.3 Å². The zero-order valence-corrected chi connectivity index (χ0v) is 21.0. The van der Waals surface area contributed by atoms with E-state index < -0.39 is 18.4 Å². The summed E-state index contributed by atoms with van der Waals surface area (Å²) in [6.45, 7) is 6.58. The molecule has 0 unspecified atom stereocenters. The molecule has 2 N–H and O–H groups in total. The van der Waals surface area contributed by atoms with Crippen LogP contribution in [0.2, 0.25) is 0 Å². The molecular weight excluding hydrogens is 441 g/mol. The lowest BCUT2D eigenvalue weighted by molar-refractivity contribution is -0.139. The molecule has 0 saturated heterocycles. The average molecular weight is 478 g/mol. The first kappa shape index (κ1) is 26.3. The van der Waals surface area contributed by atoms with E-state index >= 15 is 0 Å². The largest absolute Gasteiger partial charge is 0.479 e. The standard InChI is InChI=1S/C30H36FNO3/c1-4-5-6-7-8-10-23-15-21(2)30(22(3)16-23)25-12-9-11-24(17-25)19-32-26-13-14-28(27(31)18-26)35-20-29(33)34/h9,11-18,32H,4-8,10,19-20H2,1-3H3,(H,33,34). The minimum absolute atomic E-state index is 0.0738.